The highest BCUT2D eigenvalue weighted by Gasteiger charge is 2.61. The molecule has 0 amide bonds. The number of hydrogen-bond acceptors (Lipinski definition) is 1. The van der Waals surface area contributed by atoms with Gasteiger partial charge in [-0.25, -0.2) is 0 Å². The molecule has 4 rings (SSSR count). The second kappa shape index (κ2) is 8.24. The molecule has 0 spiro atoms. The molecule has 1 heteroatoms. The highest BCUT2D eigenvalue weighted by atomic mass is 16.3. The highest BCUT2D eigenvalue weighted by Crippen LogP contribution is 2.68. The Labute approximate surface area is 187 Å². The van der Waals surface area contributed by atoms with Gasteiger partial charge in [0.05, 0.1) is 6.10 Å². The molecule has 4 aliphatic rings. The van der Waals surface area contributed by atoms with Crippen molar-refractivity contribution >= 4 is 0 Å². The fraction of sp³-hybridized carbons (Fsp3) is 0.931. The standard InChI is InChI=1S/C29H50O/c1-18(2)19(3)8-9-20(4)23-12-13-25-22-10-11-24-21(5)27(30)15-17-29(24,7)26(22)14-16-28(23,25)6/h8-9,18-27,30H,10-17H2,1-7H3. The van der Waals surface area contributed by atoms with Crippen molar-refractivity contribution in [2.24, 2.45) is 64.1 Å². The predicted molar refractivity (Wildman–Crippen MR) is 128 cm³/mol. The minimum absolute atomic E-state index is 0.0507. The molecule has 0 aromatic rings. The number of aliphatic hydroxyl groups is 1. The molecule has 1 nitrogen and oxygen atoms in total. The maximum Gasteiger partial charge on any atom is 0.0568 e. The van der Waals surface area contributed by atoms with Crippen molar-refractivity contribution in [3.05, 3.63) is 12.2 Å². The fourth-order valence-electron chi connectivity index (χ4n) is 9.32. The van der Waals surface area contributed by atoms with Crippen LogP contribution in [0.4, 0.5) is 0 Å². The summed E-state index contributed by atoms with van der Waals surface area (Å²) in [6, 6.07) is 0. The summed E-state index contributed by atoms with van der Waals surface area (Å²) >= 11 is 0. The highest BCUT2D eigenvalue weighted by molar-refractivity contribution is 5.12. The molecule has 4 saturated carbocycles. The SMILES string of the molecule is CC(C)C(C)C=CC(C)C1CCC2C3CCC4C(C)C(O)CCC4(C)C3CCC12C. The van der Waals surface area contributed by atoms with Gasteiger partial charge in [-0.05, 0) is 115 Å². The first kappa shape index (κ1) is 22.9. The zero-order valence-corrected chi connectivity index (χ0v) is 21.0. The Morgan fingerprint density at radius 2 is 1.40 bits per heavy atom. The van der Waals surface area contributed by atoms with Crippen LogP contribution in [0.15, 0.2) is 12.2 Å². The van der Waals surface area contributed by atoms with E-state index in [0.29, 0.717) is 22.7 Å². The van der Waals surface area contributed by atoms with Gasteiger partial charge in [0.25, 0.3) is 0 Å². The Kier molecular flexibility index (Phi) is 6.28. The van der Waals surface area contributed by atoms with Gasteiger partial charge >= 0.3 is 0 Å². The molecule has 0 radical (unpaired) electrons. The number of aliphatic hydroxyl groups excluding tert-OH is 1. The van der Waals surface area contributed by atoms with E-state index < -0.39 is 0 Å². The molecule has 0 aliphatic heterocycles. The van der Waals surface area contributed by atoms with Crippen molar-refractivity contribution in [3.63, 3.8) is 0 Å². The third-order valence-electron chi connectivity index (χ3n) is 11.6. The van der Waals surface area contributed by atoms with Gasteiger partial charge in [0.1, 0.15) is 0 Å². The second-order valence-electron chi connectivity index (χ2n) is 13.1. The van der Waals surface area contributed by atoms with Crippen LogP contribution in [0.3, 0.4) is 0 Å². The molecule has 4 aliphatic carbocycles. The smallest absolute Gasteiger partial charge is 0.0568 e. The Hall–Kier alpha value is -0.300. The van der Waals surface area contributed by atoms with Gasteiger partial charge in [-0.1, -0.05) is 60.6 Å². The van der Waals surface area contributed by atoms with Crippen LogP contribution in [-0.2, 0) is 0 Å². The molecular weight excluding hydrogens is 364 g/mol. The Bertz CT molecular complexity index is 636. The van der Waals surface area contributed by atoms with E-state index in [1.54, 1.807) is 0 Å². The number of hydrogen-bond donors (Lipinski definition) is 1. The first-order valence-corrected chi connectivity index (χ1v) is 13.5. The molecule has 30 heavy (non-hydrogen) atoms. The summed E-state index contributed by atoms with van der Waals surface area (Å²) in [6.07, 6.45) is 16.0. The summed E-state index contributed by atoms with van der Waals surface area (Å²) in [5.41, 5.74) is 1.04. The van der Waals surface area contributed by atoms with Crippen molar-refractivity contribution < 1.29 is 5.11 Å². The summed E-state index contributed by atoms with van der Waals surface area (Å²) in [5, 5.41) is 10.5. The summed E-state index contributed by atoms with van der Waals surface area (Å²) < 4.78 is 0. The van der Waals surface area contributed by atoms with Gasteiger partial charge < -0.3 is 5.11 Å². The van der Waals surface area contributed by atoms with Crippen molar-refractivity contribution in [1.82, 2.24) is 0 Å². The molecule has 0 saturated heterocycles. The number of rotatable bonds is 4. The van der Waals surface area contributed by atoms with Crippen molar-refractivity contribution in [3.8, 4) is 0 Å². The molecular formula is C29H50O. The van der Waals surface area contributed by atoms with Crippen LogP contribution in [0.2, 0.25) is 0 Å². The van der Waals surface area contributed by atoms with E-state index in [1.807, 2.05) is 0 Å². The lowest BCUT2D eigenvalue weighted by Crippen LogP contribution is -2.56. The maximum atomic E-state index is 10.5. The second-order valence-corrected chi connectivity index (χ2v) is 13.1. The monoisotopic (exact) mass is 414 g/mol. The minimum atomic E-state index is -0.0507. The predicted octanol–water partition coefficient (Wildman–Crippen LogP) is 7.74. The molecule has 11 unspecified atom stereocenters. The lowest BCUT2D eigenvalue weighted by molar-refractivity contribution is -0.148. The van der Waals surface area contributed by atoms with E-state index in [4.69, 9.17) is 0 Å². The normalized spacial score (nSPS) is 50.8. The Balaban J connectivity index is 1.51. The molecule has 4 fully saturated rings. The van der Waals surface area contributed by atoms with Crippen LogP contribution in [0.5, 0.6) is 0 Å². The van der Waals surface area contributed by atoms with Crippen molar-refractivity contribution in [2.45, 2.75) is 106 Å². The number of fused-ring (bicyclic) bond motifs is 5. The van der Waals surface area contributed by atoms with Crippen LogP contribution in [0.1, 0.15) is 99.8 Å². The van der Waals surface area contributed by atoms with E-state index in [2.05, 4.69) is 60.6 Å². The van der Waals surface area contributed by atoms with Crippen LogP contribution in [-0.4, -0.2) is 11.2 Å². The summed E-state index contributed by atoms with van der Waals surface area (Å²) in [4.78, 5) is 0. The van der Waals surface area contributed by atoms with Gasteiger partial charge in [0, 0.05) is 0 Å². The fourth-order valence-corrected chi connectivity index (χ4v) is 9.32. The largest absolute Gasteiger partial charge is 0.393 e. The Morgan fingerprint density at radius 1 is 0.767 bits per heavy atom. The third kappa shape index (κ3) is 3.54. The van der Waals surface area contributed by atoms with Crippen molar-refractivity contribution in [1.29, 1.82) is 0 Å². The first-order chi connectivity index (χ1) is 14.1. The average Bonchev–Trinajstić information content (AvgIpc) is 3.06. The van der Waals surface area contributed by atoms with Gasteiger partial charge in [0.2, 0.25) is 0 Å². The van der Waals surface area contributed by atoms with Crippen LogP contribution < -0.4 is 0 Å². The average molecular weight is 415 g/mol. The van der Waals surface area contributed by atoms with Gasteiger partial charge in [-0.15, -0.1) is 0 Å². The summed E-state index contributed by atoms with van der Waals surface area (Å²) in [7, 11) is 0. The molecule has 172 valence electrons. The van der Waals surface area contributed by atoms with Crippen LogP contribution in [0.25, 0.3) is 0 Å². The minimum Gasteiger partial charge on any atom is -0.393 e. The molecule has 11 atom stereocenters. The van der Waals surface area contributed by atoms with E-state index in [0.717, 1.165) is 47.8 Å². The maximum absolute atomic E-state index is 10.5. The third-order valence-corrected chi connectivity index (χ3v) is 11.6. The van der Waals surface area contributed by atoms with Gasteiger partial charge in [-0.3, -0.25) is 0 Å². The van der Waals surface area contributed by atoms with Crippen LogP contribution >= 0.6 is 0 Å². The van der Waals surface area contributed by atoms with Crippen LogP contribution in [0, 0.1) is 64.1 Å². The topological polar surface area (TPSA) is 20.2 Å². The molecule has 0 aromatic carbocycles. The summed E-state index contributed by atoms with van der Waals surface area (Å²) in [5.74, 6) is 7.07. The molecule has 0 aromatic heterocycles. The van der Waals surface area contributed by atoms with E-state index in [1.165, 1.54) is 44.9 Å². The van der Waals surface area contributed by atoms with E-state index in [-0.39, 0.29) is 6.10 Å². The quantitative estimate of drug-likeness (QED) is 0.466. The zero-order chi connectivity index (χ0) is 21.8. The lowest BCUT2D eigenvalue weighted by atomic mass is 9.43. The summed E-state index contributed by atoms with van der Waals surface area (Å²) in [6.45, 7) is 17.2. The van der Waals surface area contributed by atoms with Gasteiger partial charge in [0.15, 0.2) is 0 Å². The first-order valence-electron chi connectivity index (χ1n) is 13.5. The lowest BCUT2D eigenvalue weighted by Gasteiger charge is -2.62. The molecule has 1 N–H and O–H groups in total. The Morgan fingerprint density at radius 3 is 2.10 bits per heavy atom. The molecule has 0 bridgehead atoms. The van der Waals surface area contributed by atoms with E-state index >= 15 is 0 Å². The van der Waals surface area contributed by atoms with Gasteiger partial charge in [-0.2, -0.15) is 0 Å². The van der Waals surface area contributed by atoms with E-state index in [9.17, 15) is 5.11 Å². The zero-order valence-electron chi connectivity index (χ0n) is 21.0. The molecule has 0 heterocycles. The van der Waals surface area contributed by atoms with Crippen molar-refractivity contribution in [2.75, 3.05) is 0 Å². The number of allylic oxidation sites excluding steroid dienone is 2.